The summed E-state index contributed by atoms with van der Waals surface area (Å²) in [4.78, 5) is 0. The minimum absolute atomic E-state index is 0.375. The highest BCUT2D eigenvalue weighted by atomic mass is 16.2. The zero-order valence-electron chi connectivity index (χ0n) is 18.0. The number of hydrogen-bond donors (Lipinski definition) is 1. The van der Waals surface area contributed by atoms with E-state index in [2.05, 4.69) is 0 Å². The van der Waals surface area contributed by atoms with Crippen LogP contribution in [0.3, 0.4) is 0 Å². The summed E-state index contributed by atoms with van der Waals surface area (Å²) in [7, 11) is 0. The van der Waals surface area contributed by atoms with Gasteiger partial charge in [0.1, 0.15) is 0 Å². The lowest BCUT2D eigenvalue weighted by Crippen LogP contribution is -2.05. The van der Waals surface area contributed by atoms with Gasteiger partial charge in [-0.3, -0.25) is 0 Å². The summed E-state index contributed by atoms with van der Waals surface area (Å²) in [5, 5.41) is 8.74. The number of aliphatic hydroxyl groups is 1. The van der Waals surface area contributed by atoms with Gasteiger partial charge in [-0.1, -0.05) is 141 Å². The van der Waals surface area contributed by atoms with Crippen molar-refractivity contribution in [3.05, 3.63) is 0 Å². The molecule has 0 atom stereocenters. The molecule has 1 rings (SSSR count). The van der Waals surface area contributed by atoms with E-state index in [9.17, 15) is 0 Å². The summed E-state index contributed by atoms with van der Waals surface area (Å²) < 4.78 is 0. The predicted octanol–water partition coefficient (Wildman–Crippen LogP) is 8.58. The van der Waals surface area contributed by atoms with Gasteiger partial charge in [-0.05, 0) is 12.3 Å². The third kappa shape index (κ3) is 16.2. The van der Waals surface area contributed by atoms with Crippen LogP contribution in [-0.2, 0) is 0 Å². The Bertz CT molecular complexity index is 257. The lowest BCUT2D eigenvalue weighted by Gasteiger charge is -2.21. The summed E-state index contributed by atoms with van der Waals surface area (Å²) in [6.07, 6.45) is 33.1. The Morgan fingerprint density at radius 2 is 0.769 bits per heavy atom. The van der Waals surface area contributed by atoms with Crippen molar-refractivity contribution in [2.45, 2.75) is 148 Å². The van der Waals surface area contributed by atoms with Gasteiger partial charge < -0.3 is 5.11 Å². The lowest BCUT2D eigenvalue weighted by atomic mass is 9.85. The fourth-order valence-corrected chi connectivity index (χ4v) is 4.67. The van der Waals surface area contributed by atoms with Gasteiger partial charge in [-0.25, -0.2) is 0 Å². The van der Waals surface area contributed by atoms with E-state index in [-0.39, 0.29) is 0 Å². The van der Waals surface area contributed by atoms with Crippen LogP contribution in [0.5, 0.6) is 0 Å². The van der Waals surface area contributed by atoms with Crippen molar-refractivity contribution in [1.82, 2.24) is 0 Å². The first-order valence-corrected chi connectivity index (χ1v) is 12.5. The molecule has 1 N–H and O–H groups in total. The van der Waals surface area contributed by atoms with E-state index in [1.807, 2.05) is 0 Å². The van der Waals surface area contributed by atoms with Gasteiger partial charge in [0.15, 0.2) is 0 Å². The zero-order valence-corrected chi connectivity index (χ0v) is 18.0. The highest BCUT2D eigenvalue weighted by Gasteiger charge is 2.12. The molecule has 1 aliphatic rings. The monoisotopic (exact) mass is 366 g/mol. The Morgan fingerprint density at radius 3 is 1.15 bits per heavy atom. The standard InChI is InChI=1S/C25H50O/c26-24-20-15-13-11-9-7-5-3-1-2-4-6-8-10-12-14-17-21-25-22-18-16-19-23-25/h25-26H,1-24H2. The van der Waals surface area contributed by atoms with Gasteiger partial charge in [-0.15, -0.1) is 0 Å². The van der Waals surface area contributed by atoms with Gasteiger partial charge >= 0.3 is 0 Å². The molecular formula is C25H50O. The molecule has 0 unspecified atom stereocenters. The smallest absolute Gasteiger partial charge is 0.0431 e. The average molecular weight is 367 g/mol. The van der Waals surface area contributed by atoms with Crippen molar-refractivity contribution < 1.29 is 5.11 Å². The SMILES string of the molecule is OCCCCCCCCCCCCCCCCCCCC1CCCCC1. The maximum absolute atomic E-state index is 8.74. The van der Waals surface area contributed by atoms with Gasteiger partial charge in [0.2, 0.25) is 0 Å². The van der Waals surface area contributed by atoms with Gasteiger partial charge in [0, 0.05) is 6.61 Å². The minimum atomic E-state index is 0.375. The number of unbranched alkanes of at least 4 members (excludes halogenated alkanes) is 16. The number of rotatable bonds is 19. The quantitative estimate of drug-likeness (QED) is 0.227. The van der Waals surface area contributed by atoms with Gasteiger partial charge in [0.25, 0.3) is 0 Å². The molecular weight excluding hydrogens is 316 g/mol. The number of aliphatic hydroxyl groups excluding tert-OH is 1. The second-order valence-electron chi connectivity index (χ2n) is 9.03. The first-order valence-electron chi connectivity index (χ1n) is 12.5. The average Bonchev–Trinajstić information content (AvgIpc) is 2.68. The molecule has 1 nitrogen and oxygen atoms in total. The van der Waals surface area contributed by atoms with Gasteiger partial charge in [0.05, 0.1) is 0 Å². The van der Waals surface area contributed by atoms with E-state index in [0.29, 0.717) is 6.61 Å². The van der Waals surface area contributed by atoms with Crippen molar-refractivity contribution in [2.75, 3.05) is 6.61 Å². The molecule has 0 radical (unpaired) electrons. The van der Waals surface area contributed by atoms with E-state index in [0.717, 1.165) is 12.3 Å². The minimum Gasteiger partial charge on any atom is -0.396 e. The normalized spacial score (nSPS) is 15.6. The molecule has 1 fully saturated rings. The van der Waals surface area contributed by atoms with Crippen LogP contribution in [0.4, 0.5) is 0 Å². The maximum atomic E-state index is 8.74. The highest BCUT2D eigenvalue weighted by Crippen LogP contribution is 2.28. The van der Waals surface area contributed by atoms with Crippen LogP contribution in [0, 0.1) is 5.92 Å². The van der Waals surface area contributed by atoms with Crippen molar-refractivity contribution in [3.8, 4) is 0 Å². The predicted molar refractivity (Wildman–Crippen MR) is 117 cm³/mol. The molecule has 1 saturated carbocycles. The molecule has 0 heterocycles. The molecule has 0 aromatic carbocycles. The van der Waals surface area contributed by atoms with Crippen molar-refractivity contribution in [2.24, 2.45) is 5.92 Å². The van der Waals surface area contributed by atoms with Crippen LogP contribution in [0.1, 0.15) is 148 Å². The summed E-state index contributed by atoms with van der Waals surface area (Å²) in [6.45, 7) is 0.375. The van der Waals surface area contributed by atoms with Gasteiger partial charge in [-0.2, -0.15) is 0 Å². The Labute approximate surface area is 165 Å². The first kappa shape index (κ1) is 24.0. The molecule has 0 saturated heterocycles. The summed E-state index contributed by atoms with van der Waals surface area (Å²) in [5.41, 5.74) is 0. The second kappa shape index (κ2) is 19.7. The largest absolute Gasteiger partial charge is 0.396 e. The molecule has 0 aliphatic heterocycles. The van der Waals surface area contributed by atoms with Crippen LogP contribution in [0.25, 0.3) is 0 Å². The van der Waals surface area contributed by atoms with E-state index in [1.54, 1.807) is 0 Å². The van der Waals surface area contributed by atoms with Crippen molar-refractivity contribution >= 4 is 0 Å². The molecule has 156 valence electrons. The van der Waals surface area contributed by atoms with Crippen molar-refractivity contribution in [1.29, 1.82) is 0 Å². The Kier molecular flexibility index (Phi) is 18.2. The summed E-state index contributed by atoms with van der Waals surface area (Å²) in [6, 6.07) is 0. The zero-order chi connectivity index (χ0) is 18.5. The van der Waals surface area contributed by atoms with Crippen LogP contribution in [-0.4, -0.2) is 11.7 Å². The topological polar surface area (TPSA) is 20.2 Å². The van der Waals surface area contributed by atoms with E-state index < -0.39 is 0 Å². The maximum Gasteiger partial charge on any atom is 0.0431 e. The Morgan fingerprint density at radius 1 is 0.423 bits per heavy atom. The third-order valence-corrected chi connectivity index (χ3v) is 6.50. The van der Waals surface area contributed by atoms with Crippen LogP contribution < -0.4 is 0 Å². The molecule has 1 aliphatic carbocycles. The van der Waals surface area contributed by atoms with Crippen LogP contribution in [0.15, 0.2) is 0 Å². The second-order valence-corrected chi connectivity index (χ2v) is 9.03. The molecule has 0 spiro atoms. The van der Waals surface area contributed by atoms with Crippen LogP contribution in [0.2, 0.25) is 0 Å². The summed E-state index contributed by atoms with van der Waals surface area (Å²) in [5.74, 6) is 1.09. The molecule has 26 heavy (non-hydrogen) atoms. The third-order valence-electron chi connectivity index (χ3n) is 6.50. The first-order chi connectivity index (χ1) is 12.9. The lowest BCUT2D eigenvalue weighted by molar-refractivity contribution is 0.282. The van der Waals surface area contributed by atoms with E-state index in [4.69, 9.17) is 5.11 Å². The molecule has 0 aromatic heterocycles. The van der Waals surface area contributed by atoms with Crippen LogP contribution >= 0.6 is 0 Å². The number of hydrogen-bond acceptors (Lipinski definition) is 1. The molecule has 0 amide bonds. The Balaban J connectivity index is 1.65. The summed E-state index contributed by atoms with van der Waals surface area (Å²) >= 11 is 0. The fourth-order valence-electron chi connectivity index (χ4n) is 4.67. The molecule has 1 heteroatoms. The van der Waals surface area contributed by atoms with Crippen molar-refractivity contribution in [3.63, 3.8) is 0 Å². The fraction of sp³-hybridized carbons (Fsp3) is 1.00. The van der Waals surface area contributed by atoms with E-state index in [1.165, 1.54) is 141 Å². The molecule has 0 bridgehead atoms. The highest BCUT2D eigenvalue weighted by molar-refractivity contribution is 4.65. The van der Waals surface area contributed by atoms with E-state index >= 15 is 0 Å². The Hall–Kier alpha value is -0.0400. The molecule has 0 aromatic rings.